The van der Waals surface area contributed by atoms with Crippen LogP contribution >= 0.6 is 0 Å². The van der Waals surface area contributed by atoms with Gasteiger partial charge in [-0.05, 0) is 32.0 Å². The topological polar surface area (TPSA) is 91.7 Å². The Morgan fingerprint density at radius 1 is 1.43 bits per heavy atom. The summed E-state index contributed by atoms with van der Waals surface area (Å²) in [4.78, 5) is 15.8. The molecule has 0 aliphatic heterocycles. The van der Waals surface area contributed by atoms with Crippen molar-refractivity contribution < 1.29 is 19.7 Å². The number of aromatic hydroxyl groups is 1. The molecule has 0 saturated heterocycles. The first kappa shape index (κ1) is 15.1. The van der Waals surface area contributed by atoms with Gasteiger partial charge in [0.15, 0.2) is 11.4 Å². The van der Waals surface area contributed by atoms with Crippen molar-refractivity contribution in [2.45, 2.75) is 20.0 Å². The van der Waals surface area contributed by atoms with Crippen LogP contribution in [0.1, 0.15) is 24.3 Å². The summed E-state index contributed by atoms with van der Waals surface area (Å²) in [7, 11) is 0. The lowest BCUT2D eigenvalue weighted by Crippen LogP contribution is -2.27. The molecule has 1 heterocycles. The van der Waals surface area contributed by atoms with E-state index in [0.29, 0.717) is 16.5 Å². The lowest BCUT2D eigenvalue weighted by atomic mass is 10.1. The van der Waals surface area contributed by atoms with Crippen LogP contribution in [0.4, 0.5) is 0 Å². The number of hydrogen-bond acceptors (Lipinski definition) is 5. The summed E-state index contributed by atoms with van der Waals surface area (Å²) in [6.07, 6.45) is 1.56. The van der Waals surface area contributed by atoms with Crippen LogP contribution in [0.2, 0.25) is 0 Å². The number of hydrogen-bond donors (Lipinski definition) is 3. The van der Waals surface area contributed by atoms with E-state index in [1.807, 2.05) is 13.8 Å². The Hall–Kier alpha value is -2.34. The highest BCUT2D eigenvalue weighted by Gasteiger charge is 2.15. The molecule has 0 fully saturated rings. The molecule has 0 atom stereocenters. The number of nitrogens with one attached hydrogen (secondary N) is 1. The number of carbonyl (C=O) groups excluding carboxylic acids is 1. The maximum atomic E-state index is 11.8. The van der Waals surface area contributed by atoms with E-state index >= 15 is 0 Å². The second-order valence-electron chi connectivity index (χ2n) is 4.85. The van der Waals surface area contributed by atoms with E-state index in [1.54, 1.807) is 18.2 Å². The molecule has 6 nitrogen and oxygen atoms in total. The lowest BCUT2D eigenvalue weighted by molar-refractivity contribution is 0.0937. The van der Waals surface area contributed by atoms with E-state index in [2.05, 4.69) is 10.3 Å². The zero-order chi connectivity index (χ0) is 15.4. The van der Waals surface area contributed by atoms with Crippen LogP contribution in [-0.4, -0.2) is 40.4 Å². The number of carbonyl (C=O) groups is 1. The third-order valence-electron chi connectivity index (χ3n) is 2.82. The molecular formula is C15H18N2O4. The van der Waals surface area contributed by atoms with Crippen LogP contribution in [0.25, 0.3) is 10.8 Å². The van der Waals surface area contributed by atoms with Crippen molar-refractivity contribution in [3.63, 3.8) is 0 Å². The monoisotopic (exact) mass is 290 g/mol. The van der Waals surface area contributed by atoms with Gasteiger partial charge in [0.25, 0.3) is 5.91 Å². The van der Waals surface area contributed by atoms with Gasteiger partial charge in [-0.2, -0.15) is 0 Å². The summed E-state index contributed by atoms with van der Waals surface area (Å²) < 4.78 is 5.58. The van der Waals surface area contributed by atoms with Gasteiger partial charge in [0.1, 0.15) is 5.75 Å². The SMILES string of the molecule is CC(C)Oc1ccc2c(O)c(C(=O)NCCO)ncc2c1. The van der Waals surface area contributed by atoms with E-state index in [-0.39, 0.29) is 30.7 Å². The van der Waals surface area contributed by atoms with Crippen LogP contribution in [0.5, 0.6) is 11.5 Å². The predicted octanol–water partition coefficient (Wildman–Crippen LogP) is 1.45. The molecule has 0 saturated carbocycles. The molecular weight excluding hydrogens is 272 g/mol. The van der Waals surface area contributed by atoms with Crippen LogP contribution in [-0.2, 0) is 0 Å². The average Bonchev–Trinajstić information content (AvgIpc) is 2.44. The standard InChI is InChI=1S/C15H18N2O4/c1-9(2)21-11-3-4-12-10(7-11)8-17-13(14(12)19)15(20)16-5-6-18/h3-4,7-9,18-19H,5-6H2,1-2H3,(H,16,20). The third kappa shape index (κ3) is 3.41. The third-order valence-corrected chi connectivity index (χ3v) is 2.82. The highest BCUT2D eigenvalue weighted by atomic mass is 16.5. The molecule has 2 rings (SSSR count). The number of aliphatic hydroxyl groups excluding tert-OH is 1. The van der Waals surface area contributed by atoms with Crippen molar-refractivity contribution in [2.75, 3.05) is 13.2 Å². The highest BCUT2D eigenvalue weighted by Crippen LogP contribution is 2.30. The Morgan fingerprint density at radius 3 is 2.86 bits per heavy atom. The number of aromatic nitrogens is 1. The summed E-state index contributed by atoms with van der Waals surface area (Å²) in [6, 6.07) is 5.18. The van der Waals surface area contributed by atoms with Gasteiger partial charge in [-0.3, -0.25) is 4.79 Å². The van der Waals surface area contributed by atoms with Crippen molar-refractivity contribution >= 4 is 16.7 Å². The van der Waals surface area contributed by atoms with Crippen LogP contribution in [0.15, 0.2) is 24.4 Å². The van der Waals surface area contributed by atoms with Gasteiger partial charge in [0.2, 0.25) is 0 Å². The minimum absolute atomic E-state index is 0.0486. The Bertz CT molecular complexity index is 655. The number of amides is 1. The minimum atomic E-state index is -0.522. The fourth-order valence-corrected chi connectivity index (χ4v) is 1.95. The zero-order valence-corrected chi connectivity index (χ0v) is 12.0. The summed E-state index contributed by atoms with van der Waals surface area (Å²) in [5, 5.41) is 22.5. The number of aliphatic hydroxyl groups is 1. The zero-order valence-electron chi connectivity index (χ0n) is 12.0. The van der Waals surface area contributed by atoms with E-state index in [4.69, 9.17) is 9.84 Å². The first-order chi connectivity index (χ1) is 10.0. The molecule has 6 heteroatoms. The minimum Gasteiger partial charge on any atom is -0.505 e. The molecule has 2 aromatic rings. The molecule has 1 aromatic carbocycles. The molecule has 1 amide bonds. The molecule has 0 radical (unpaired) electrons. The van der Waals surface area contributed by atoms with Gasteiger partial charge in [0.05, 0.1) is 12.7 Å². The maximum Gasteiger partial charge on any atom is 0.273 e. The number of nitrogens with zero attached hydrogens (tertiary/aromatic N) is 1. The van der Waals surface area contributed by atoms with E-state index < -0.39 is 5.91 Å². The van der Waals surface area contributed by atoms with Gasteiger partial charge < -0.3 is 20.3 Å². The van der Waals surface area contributed by atoms with Gasteiger partial charge in [-0.15, -0.1) is 0 Å². The lowest BCUT2D eigenvalue weighted by Gasteiger charge is -2.11. The first-order valence-electron chi connectivity index (χ1n) is 6.70. The normalized spacial score (nSPS) is 10.9. The quantitative estimate of drug-likeness (QED) is 0.775. The first-order valence-corrected chi connectivity index (χ1v) is 6.70. The number of rotatable bonds is 5. The van der Waals surface area contributed by atoms with Crippen molar-refractivity contribution in [3.8, 4) is 11.5 Å². The Morgan fingerprint density at radius 2 is 2.19 bits per heavy atom. The van der Waals surface area contributed by atoms with E-state index in [0.717, 1.165) is 0 Å². The summed E-state index contributed by atoms with van der Waals surface area (Å²) in [6.45, 7) is 3.79. The Labute approximate surface area is 122 Å². The molecule has 112 valence electrons. The molecule has 0 aliphatic rings. The van der Waals surface area contributed by atoms with Crippen LogP contribution in [0, 0.1) is 0 Å². The molecule has 0 unspecified atom stereocenters. The largest absolute Gasteiger partial charge is 0.505 e. The maximum absolute atomic E-state index is 11.8. The van der Waals surface area contributed by atoms with Crippen molar-refractivity contribution in [2.24, 2.45) is 0 Å². The van der Waals surface area contributed by atoms with Gasteiger partial charge in [-0.1, -0.05) is 0 Å². The van der Waals surface area contributed by atoms with Crippen molar-refractivity contribution in [1.29, 1.82) is 0 Å². The van der Waals surface area contributed by atoms with Gasteiger partial charge in [0, 0.05) is 23.5 Å². The van der Waals surface area contributed by atoms with Gasteiger partial charge in [-0.25, -0.2) is 4.98 Å². The predicted molar refractivity (Wildman–Crippen MR) is 78.6 cm³/mol. The fraction of sp³-hybridized carbons (Fsp3) is 0.333. The van der Waals surface area contributed by atoms with Gasteiger partial charge >= 0.3 is 0 Å². The molecule has 3 N–H and O–H groups in total. The molecule has 0 aliphatic carbocycles. The second kappa shape index (κ2) is 6.41. The molecule has 0 bridgehead atoms. The molecule has 1 aromatic heterocycles. The average molecular weight is 290 g/mol. The summed E-state index contributed by atoms with van der Waals surface area (Å²) >= 11 is 0. The summed E-state index contributed by atoms with van der Waals surface area (Å²) in [5.74, 6) is -0.0267. The van der Waals surface area contributed by atoms with Crippen molar-refractivity contribution in [1.82, 2.24) is 10.3 Å². The second-order valence-corrected chi connectivity index (χ2v) is 4.85. The molecule has 21 heavy (non-hydrogen) atoms. The van der Waals surface area contributed by atoms with Crippen LogP contribution < -0.4 is 10.1 Å². The fourth-order valence-electron chi connectivity index (χ4n) is 1.95. The molecule has 0 spiro atoms. The van der Waals surface area contributed by atoms with Crippen LogP contribution in [0.3, 0.4) is 0 Å². The van der Waals surface area contributed by atoms with Crippen molar-refractivity contribution in [3.05, 3.63) is 30.1 Å². The number of pyridine rings is 1. The smallest absolute Gasteiger partial charge is 0.273 e. The Balaban J connectivity index is 2.36. The number of ether oxygens (including phenoxy) is 1. The number of benzene rings is 1. The Kier molecular flexibility index (Phi) is 4.59. The highest BCUT2D eigenvalue weighted by molar-refractivity contribution is 6.01. The van der Waals surface area contributed by atoms with E-state index in [9.17, 15) is 9.90 Å². The van der Waals surface area contributed by atoms with E-state index in [1.165, 1.54) is 6.20 Å². The summed E-state index contributed by atoms with van der Waals surface area (Å²) in [5.41, 5.74) is -0.0616. The number of fused-ring (bicyclic) bond motifs is 1.